The first-order chi connectivity index (χ1) is 5.61. The number of nitrogens with one attached hydrogen (secondary N) is 1. The quantitative estimate of drug-likeness (QED) is 0.822. The van der Waals surface area contributed by atoms with Gasteiger partial charge in [0.05, 0.1) is 5.69 Å². The van der Waals surface area contributed by atoms with Crippen LogP contribution in [0.3, 0.4) is 0 Å². The average Bonchev–Trinajstić information content (AvgIpc) is 1.97. The largest absolute Gasteiger partial charge is 0.351 e. The lowest BCUT2D eigenvalue weighted by molar-refractivity contribution is 0.259. The predicted molar refractivity (Wildman–Crippen MR) is 55.0 cm³/mol. The van der Waals surface area contributed by atoms with Crippen molar-refractivity contribution >= 4 is 43.6 Å². The van der Waals surface area contributed by atoms with Crippen LogP contribution in [0.4, 0.5) is 10.5 Å². The number of anilines is 1. The van der Waals surface area contributed by atoms with E-state index in [-0.39, 0.29) is 0 Å². The van der Waals surface area contributed by atoms with Gasteiger partial charge in [-0.2, -0.15) is 0 Å². The fourth-order valence-electron chi connectivity index (χ4n) is 0.740. The summed E-state index contributed by atoms with van der Waals surface area (Å²) in [6.07, 6.45) is 0. The Bertz CT molecular complexity index is 294. The molecule has 0 aliphatic heterocycles. The SMILES string of the molecule is NC(=O)Nc1c(Br)cccc1Br. The van der Waals surface area contributed by atoms with E-state index in [9.17, 15) is 4.79 Å². The molecule has 0 radical (unpaired) electrons. The number of primary amides is 1. The van der Waals surface area contributed by atoms with E-state index >= 15 is 0 Å². The van der Waals surface area contributed by atoms with Crippen LogP contribution < -0.4 is 11.1 Å². The van der Waals surface area contributed by atoms with Gasteiger partial charge in [0.25, 0.3) is 0 Å². The Hall–Kier alpha value is -0.550. The second-order valence-corrected chi connectivity index (χ2v) is 3.79. The van der Waals surface area contributed by atoms with Crippen molar-refractivity contribution in [3.63, 3.8) is 0 Å². The van der Waals surface area contributed by atoms with Crippen LogP contribution in [-0.2, 0) is 0 Å². The molecule has 1 rings (SSSR count). The lowest BCUT2D eigenvalue weighted by Gasteiger charge is -2.06. The standard InChI is InChI=1S/C7H6Br2N2O/c8-4-2-1-3-5(9)6(4)11-7(10)12/h1-3H,(H3,10,11,12). The number of rotatable bonds is 1. The van der Waals surface area contributed by atoms with Gasteiger partial charge < -0.3 is 11.1 Å². The molecule has 64 valence electrons. The third-order valence-electron chi connectivity index (χ3n) is 1.21. The minimum absolute atomic E-state index is 0.581. The van der Waals surface area contributed by atoms with Gasteiger partial charge in [0.1, 0.15) is 0 Å². The summed E-state index contributed by atoms with van der Waals surface area (Å²) >= 11 is 6.55. The van der Waals surface area contributed by atoms with Gasteiger partial charge in [-0.1, -0.05) is 6.07 Å². The Labute approximate surface area is 86.6 Å². The van der Waals surface area contributed by atoms with E-state index in [2.05, 4.69) is 37.2 Å². The van der Waals surface area contributed by atoms with Crippen molar-refractivity contribution in [2.45, 2.75) is 0 Å². The molecule has 0 saturated heterocycles. The maximum Gasteiger partial charge on any atom is 0.316 e. The van der Waals surface area contributed by atoms with Gasteiger partial charge in [-0.05, 0) is 44.0 Å². The number of urea groups is 1. The van der Waals surface area contributed by atoms with Crippen LogP contribution in [-0.4, -0.2) is 6.03 Å². The van der Waals surface area contributed by atoms with Gasteiger partial charge >= 0.3 is 6.03 Å². The van der Waals surface area contributed by atoms with Crippen molar-refractivity contribution in [1.82, 2.24) is 0 Å². The summed E-state index contributed by atoms with van der Waals surface area (Å²) in [5.74, 6) is 0. The number of nitrogens with two attached hydrogens (primary N) is 1. The molecule has 0 unspecified atom stereocenters. The number of hydrogen-bond acceptors (Lipinski definition) is 1. The van der Waals surface area contributed by atoms with Crippen LogP contribution >= 0.6 is 31.9 Å². The molecule has 2 amide bonds. The molecule has 0 fully saturated rings. The summed E-state index contributed by atoms with van der Waals surface area (Å²) in [6.45, 7) is 0. The van der Waals surface area contributed by atoms with Crippen LogP contribution in [0.15, 0.2) is 27.1 Å². The highest BCUT2D eigenvalue weighted by Gasteiger charge is 2.04. The minimum Gasteiger partial charge on any atom is -0.351 e. The highest BCUT2D eigenvalue weighted by atomic mass is 79.9. The molecule has 0 heterocycles. The zero-order chi connectivity index (χ0) is 9.14. The van der Waals surface area contributed by atoms with E-state index in [4.69, 9.17) is 5.73 Å². The molecule has 0 saturated carbocycles. The van der Waals surface area contributed by atoms with Gasteiger partial charge in [0, 0.05) is 8.95 Å². The monoisotopic (exact) mass is 292 g/mol. The second kappa shape index (κ2) is 3.91. The molecule has 3 nitrogen and oxygen atoms in total. The Balaban J connectivity index is 3.04. The molecular weight excluding hydrogens is 288 g/mol. The highest BCUT2D eigenvalue weighted by Crippen LogP contribution is 2.30. The topological polar surface area (TPSA) is 55.1 Å². The number of carbonyl (C=O) groups excluding carboxylic acids is 1. The molecule has 5 heteroatoms. The molecule has 1 aromatic rings. The Morgan fingerprint density at radius 2 is 1.83 bits per heavy atom. The number of hydrogen-bond donors (Lipinski definition) is 2. The number of benzene rings is 1. The van der Waals surface area contributed by atoms with Crippen LogP contribution in [0.2, 0.25) is 0 Å². The van der Waals surface area contributed by atoms with E-state index in [1.54, 1.807) is 0 Å². The molecule has 3 N–H and O–H groups in total. The molecule has 12 heavy (non-hydrogen) atoms. The maximum atomic E-state index is 10.5. The molecule has 0 aliphatic rings. The predicted octanol–water partition coefficient (Wildman–Crippen LogP) is 2.70. The smallest absolute Gasteiger partial charge is 0.316 e. The second-order valence-electron chi connectivity index (χ2n) is 2.09. The number of amides is 2. The third-order valence-corrected chi connectivity index (χ3v) is 2.53. The Morgan fingerprint density at radius 3 is 2.25 bits per heavy atom. The van der Waals surface area contributed by atoms with Gasteiger partial charge in [-0.15, -0.1) is 0 Å². The van der Waals surface area contributed by atoms with Crippen LogP contribution in [0.1, 0.15) is 0 Å². The first-order valence-corrected chi connectivity index (χ1v) is 4.70. The Kier molecular flexibility index (Phi) is 3.11. The zero-order valence-corrected chi connectivity index (χ0v) is 9.15. The fraction of sp³-hybridized carbons (Fsp3) is 0. The zero-order valence-electron chi connectivity index (χ0n) is 5.97. The van der Waals surface area contributed by atoms with E-state index in [0.717, 1.165) is 8.95 Å². The first kappa shape index (κ1) is 9.54. The van der Waals surface area contributed by atoms with Gasteiger partial charge in [-0.25, -0.2) is 4.79 Å². The summed E-state index contributed by atoms with van der Waals surface area (Å²) in [5.41, 5.74) is 5.61. The van der Waals surface area contributed by atoms with E-state index in [0.29, 0.717) is 5.69 Å². The minimum atomic E-state index is -0.581. The summed E-state index contributed by atoms with van der Waals surface area (Å²) in [7, 11) is 0. The van der Waals surface area contributed by atoms with Gasteiger partial charge in [0.15, 0.2) is 0 Å². The molecule has 0 aromatic heterocycles. The molecule has 0 spiro atoms. The van der Waals surface area contributed by atoms with Crippen molar-refractivity contribution in [2.75, 3.05) is 5.32 Å². The van der Waals surface area contributed by atoms with Crippen molar-refractivity contribution in [1.29, 1.82) is 0 Å². The maximum absolute atomic E-state index is 10.5. The number of para-hydroxylation sites is 1. The summed E-state index contributed by atoms with van der Waals surface area (Å²) in [4.78, 5) is 10.5. The summed E-state index contributed by atoms with van der Waals surface area (Å²) in [5, 5.41) is 2.49. The fourth-order valence-corrected chi connectivity index (χ4v) is 1.94. The number of carbonyl (C=O) groups is 1. The third kappa shape index (κ3) is 2.22. The lowest BCUT2D eigenvalue weighted by Crippen LogP contribution is -2.19. The van der Waals surface area contributed by atoms with Crippen LogP contribution in [0, 0.1) is 0 Å². The lowest BCUT2D eigenvalue weighted by atomic mass is 10.3. The van der Waals surface area contributed by atoms with Crippen molar-refractivity contribution in [3.8, 4) is 0 Å². The van der Waals surface area contributed by atoms with E-state index in [1.165, 1.54) is 0 Å². The normalized spacial score (nSPS) is 9.50. The van der Waals surface area contributed by atoms with Crippen molar-refractivity contribution < 1.29 is 4.79 Å². The molecule has 1 aromatic carbocycles. The average molecular weight is 294 g/mol. The van der Waals surface area contributed by atoms with E-state index < -0.39 is 6.03 Å². The molecule has 0 atom stereocenters. The Morgan fingerprint density at radius 1 is 1.33 bits per heavy atom. The number of halogens is 2. The van der Waals surface area contributed by atoms with Crippen LogP contribution in [0.5, 0.6) is 0 Å². The van der Waals surface area contributed by atoms with Gasteiger partial charge in [-0.3, -0.25) is 0 Å². The van der Waals surface area contributed by atoms with Crippen LogP contribution in [0.25, 0.3) is 0 Å². The van der Waals surface area contributed by atoms with E-state index in [1.807, 2.05) is 18.2 Å². The summed E-state index contributed by atoms with van der Waals surface area (Å²) < 4.78 is 1.58. The van der Waals surface area contributed by atoms with Crippen molar-refractivity contribution in [3.05, 3.63) is 27.1 Å². The van der Waals surface area contributed by atoms with Crippen molar-refractivity contribution in [2.24, 2.45) is 5.73 Å². The molecular formula is C7H6Br2N2O. The highest BCUT2D eigenvalue weighted by molar-refractivity contribution is 9.11. The molecule has 0 aliphatic carbocycles. The first-order valence-electron chi connectivity index (χ1n) is 3.11. The van der Waals surface area contributed by atoms with Gasteiger partial charge in [0.2, 0.25) is 0 Å². The summed E-state index contributed by atoms with van der Waals surface area (Å²) in [6, 6.07) is 4.90. The molecule has 0 bridgehead atoms.